The van der Waals surface area contributed by atoms with E-state index < -0.39 is 0 Å². The number of aromatic nitrogens is 1. The Hall–Kier alpha value is -2.69. The number of ether oxygens (including phenoxy) is 1. The van der Waals surface area contributed by atoms with Gasteiger partial charge in [-0.1, -0.05) is 45.1 Å². The van der Waals surface area contributed by atoms with Gasteiger partial charge in [0.25, 0.3) is 5.91 Å². The Balaban J connectivity index is 1.67. The number of nitrogens with one attached hydrogen (secondary N) is 1. The first kappa shape index (κ1) is 19.6. The van der Waals surface area contributed by atoms with E-state index in [2.05, 4.69) is 22.4 Å². The third-order valence-electron chi connectivity index (χ3n) is 3.92. The molecule has 138 valence electrons. The summed E-state index contributed by atoms with van der Waals surface area (Å²) in [7, 11) is 0. The van der Waals surface area contributed by atoms with Gasteiger partial charge in [0.1, 0.15) is 11.4 Å². The lowest BCUT2D eigenvalue weighted by molar-refractivity contribution is 0.0950. The maximum atomic E-state index is 11.8. The molecular weight excluding hydrogens is 326 g/mol. The number of benzene rings is 1. The van der Waals surface area contributed by atoms with Gasteiger partial charge in [0, 0.05) is 6.20 Å². The first-order chi connectivity index (χ1) is 12.8. The molecule has 5 nitrogen and oxygen atoms in total. The Kier molecular flexibility index (Phi) is 8.90. The second-order valence-electron chi connectivity index (χ2n) is 6.10. The van der Waals surface area contributed by atoms with Gasteiger partial charge < -0.3 is 4.74 Å². The fraction of sp³-hybridized carbons (Fsp3) is 0.381. The standard InChI is InChI=1S/C21H27N3O2/c1-2-3-4-5-6-9-16-26-19-13-11-18(12-14-19)17-23-24-21(25)20-10-7-8-15-22-20/h7-8,10-15,17H,2-6,9,16H2,1H3,(H,24,25)/b23-17+. The molecule has 0 radical (unpaired) electrons. The highest BCUT2D eigenvalue weighted by Crippen LogP contribution is 2.12. The summed E-state index contributed by atoms with van der Waals surface area (Å²) in [5, 5.41) is 3.95. The van der Waals surface area contributed by atoms with Crippen LogP contribution in [0.25, 0.3) is 0 Å². The van der Waals surface area contributed by atoms with Crippen molar-refractivity contribution in [2.45, 2.75) is 45.4 Å². The second kappa shape index (κ2) is 11.8. The highest BCUT2D eigenvalue weighted by molar-refractivity contribution is 5.93. The molecule has 0 saturated carbocycles. The lowest BCUT2D eigenvalue weighted by Crippen LogP contribution is -2.18. The SMILES string of the molecule is CCCCCCCCOc1ccc(/C=N/NC(=O)c2ccccn2)cc1. The predicted molar refractivity (Wildman–Crippen MR) is 105 cm³/mol. The fourth-order valence-electron chi connectivity index (χ4n) is 2.44. The average molecular weight is 353 g/mol. The third-order valence-corrected chi connectivity index (χ3v) is 3.92. The van der Waals surface area contributed by atoms with Crippen LogP contribution in [-0.2, 0) is 0 Å². The zero-order chi connectivity index (χ0) is 18.5. The molecule has 0 aliphatic rings. The van der Waals surface area contributed by atoms with Crippen molar-refractivity contribution in [3.63, 3.8) is 0 Å². The van der Waals surface area contributed by atoms with Crippen LogP contribution in [0.5, 0.6) is 5.75 Å². The van der Waals surface area contributed by atoms with Gasteiger partial charge in [0.2, 0.25) is 0 Å². The normalized spacial score (nSPS) is 10.8. The molecule has 0 unspecified atom stereocenters. The summed E-state index contributed by atoms with van der Waals surface area (Å²) in [5.74, 6) is 0.522. The minimum absolute atomic E-state index is 0.333. The van der Waals surface area contributed by atoms with E-state index in [-0.39, 0.29) is 5.91 Å². The maximum absolute atomic E-state index is 11.8. The van der Waals surface area contributed by atoms with Crippen molar-refractivity contribution in [3.05, 3.63) is 59.9 Å². The highest BCUT2D eigenvalue weighted by atomic mass is 16.5. The lowest BCUT2D eigenvalue weighted by atomic mass is 10.1. The summed E-state index contributed by atoms with van der Waals surface area (Å²) in [6.45, 7) is 2.98. The summed E-state index contributed by atoms with van der Waals surface area (Å²) in [6, 6.07) is 12.8. The van der Waals surface area contributed by atoms with Gasteiger partial charge in [-0.2, -0.15) is 5.10 Å². The van der Waals surface area contributed by atoms with Gasteiger partial charge >= 0.3 is 0 Å². The first-order valence-electron chi connectivity index (χ1n) is 9.27. The molecular formula is C21H27N3O2. The molecule has 5 heteroatoms. The quantitative estimate of drug-likeness (QED) is 0.365. The highest BCUT2D eigenvalue weighted by Gasteiger charge is 2.03. The molecule has 0 aliphatic heterocycles. The predicted octanol–water partition coefficient (Wildman–Crippen LogP) is 4.58. The molecule has 0 fully saturated rings. The summed E-state index contributed by atoms with van der Waals surface area (Å²) in [5.41, 5.74) is 3.69. The summed E-state index contributed by atoms with van der Waals surface area (Å²) < 4.78 is 5.75. The summed E-state index contributed by atoms with van der Waals surface area (Å²) in [6.07, 6.45) is 10.7. The van der Waals surface area contributed by atoms with Crippen molar-refractivity contribution in [1.82, 2.24) is 10.4 Å². The topological polar surface area (TPSA) is 63.6 Å². The molecule has 0 spiro atoms. The molecule has 0 saturated heterocycles. The lowest BCUT2D eigenvalue weighted by Gasteiger charge is -2.06. The van der Waals surface area contributed by atoms with Crippen molar-refractivity contribution in [3.8, 4) is 5.75 Å². The Morgan fingerprint density at radius 1 is 1.08 bits per heavy atom. The molecule has 1 aromatic heterocycles. The van der Waals surface area contributed by atoms with Crippen molar-refractivity contribution in [1.29, 1.82) is 0 Å². The van der Waals surface area contributed by atoms with E-state index in [1.54, 1.807) is 30.6 Å². The molecule has 1 heterocycles. The van der Waals surface area contributed by atoms with Gasteiger partial charge in [-0.05, 0) is 48.4 Å². The molecule has 1 amide bonds. The molecule has 0 bridgehead atoms. The fourth-order valence-corrected chi connectivity index (χ4v) is 2.44. The molecule has 0 aliphatic carbocycles. The Morgan fingerprint density at radius 2 is 1.85 bits per heavy atom. The minimum atomic E-state index is -0.333. The zero-order valence-corrected chi connectivity index (χ0v) is 15.4. The Labute approximate surface area is 155 Å². The van der Waals surface area contributed by atoms with Crippen LogP contribution in [0.1, 0.15) is 61.5 Å². The van der Waals surface area contributed by atoms with Crippen molar-refractivity contribution in [2.75, 3.05) is 6.61 Å². The number of amides is 1. The van der Waals surface area contributed by atoms with Crippen LogP contribution in [0.15, 0.2) is 53.8 Å². The van der Waals surface area contributed by atoms with Gasteiger partial charge in [-0.15, -0.1) is 0 Å². The van der Waals surface area contributed by atoms with E-state index in [4.69, 9.17) is 4.74 Å². The summed E-state index contributed by atoms with van der Waals surface area (Å²) in [4.78, 5) is 15.8. The number of carbonyl (C=O) groups excluding carboxylic acids is 1. The number of hydrogen-bond acceptors (Lipinski definition) is 4. The number of rotatable bonds is 11. The number of unbranched alkanes of at least 4 members (excludes halogenated alkanes) is 5. The maximum Gasteiger partial charge on any atom is 0.289 e. The molecule has 1 aromatic carbocycles. The van der Waals surface area contributed by atoms with Crippen LogP contribution in [0.3, 0.4) is 0 Å². The molecule has 1 N–H and O–H groups in total. The Morgan fingerprint density at radius 3 is 2.58 bits per heavy atom. The number of hydrazone groups is 1. The van der Waals surface area contributed by atoms with E-state index in [0.717, 1.165) is 24.3 Å². The van der Waals surface area contributed by atoms with Crippen LogP contribution in [0, 0.1) is 0 Å². The van der Waals surface area contributed by atoms with Crippen LogP contribution in [0.4, 0.5) is 0 Å². The van der Waals surface area contributed by atoms with Crippen molar-refractivity contribution >= 4 is 12.1 Å². The van der Waals surface area contributed by atoms with Crippen LogP contribution in [-0.4, -0.2) is 23.7 Å². The average Bonchev–Trinajstić information content (AvgIpc) is 2.69. The van der Waals surface area contributed by atoms with E-state index in [0.29, 0.717) is 5.69 Å². The van der Waals surface area contributed by atoms with E-state index >= 15 is 0 Å². The second-order valence-corrected chi connectivity index (χ2v) is 6.10. The monoisotopic (exact) mass is 353 g/mol. The van der Waals surface area contributed by atoms with Gasteiger partial charge in [0.05, 0.1) is 12.8 Å². The zero-order valence-electron chi connectivity index (χ0n) is 15.4. The van der Waals surface area contributed by atoms with E-state index in [9.17, 15) is 4.79 Å². The molecule has 2 aromatic rings. The largest absolute Gasteiger partial charge is 0.494 e. The molecule has 2 rings (SSSR count). The number of hydrogen-bond donors (Lipinski definition) is 1. The Bertz CT molecular complexity index is 669. The van der Waals surface area contributed by atoms with Gasteiger partial charge in [-0.3, -0.25) is 9.78 Å². The van der Waals surface area contributed by atoms with Gasteiger partial charge in [-0.25, -0.2) is 5.43 Å². The first-order valence-corrected chi connectivity index (χ1v) is 9.27. The van der Waals surface area contributed by atoms with E-state index in [1.165, 1.54) is 32.1 Å². The number of nitrogens with zero attached hydrogens (tertiary/aromatic N) is 2. The summed E-state index contributed by atoms with van der Waals surface area (Å²) >= 11 is 0. The number of carbonyl (C=O) groups is 1. The van der Waals surface area contributed by atoms with Crippen molar-refractivity contribution < 1.29 is 9.53 Å². The van der Waals surface area contributed by atoms with Crippen LogP contribution in [0.2, 0.25) is 0 Å². The minimum Gasteiger partial charge on any atom is -0.494 e. The van der Waals surface area contributed by atoms with Crippen molar-refractivity contribution in [2.24, 2.45) is 5.10 Å². The number of pyridine rings is 1. The smallest absolute Gasteiger partial charge is 0.289 e. The van der Waals surface area contributed by atoms with E-state index in [1.807, 2.05) is 24.3 Å². The van der Waals surface area contributed by atoms with Crippen LogP contribution >= 0.6 is 0 Å². The molecule has 0 atom stereocenters. The third kappa shape index (κ3) is 7.47. The van der Waals surface area contributed by atoms with Gasteiger partial charge in [0.15, 0.2) is 0 Å². The van der Waals surface area contributed by atoms with Crippen LogP contribution < -0.4 is 10.2 Å². The molecule has 26 heavy (non-hydrogen) atoms.